The highest BCUT2D eigenvalue weighted by molar-refractivity contribution is 5.97. The van der Waals surface area contributed by atoms with Crippen LogP contribution in [0.5, 0.6) is 0 Å². The zero-order valence-electron chi connectivity index (χ0n) is 11.4. The maximum absolute atomic E-state index is 11.3. The summed E-state index contributed by atoms with van der Waals surface area (Å²) in [7, 11) is 1.64. The van der Waals surface area contributed by atoms with Gasteiger partial charge in [-0.25, -0.2) is 4.79 Å². The number of para-hydroxylation sites is 1. The number of rotatable bonds is 5. The number of carboxylic acids is 1. The van der Waals surface area contributed by atoms with Crippen LogP contribution in [0.4, 0.5) is 11.4 Å². The van der Waals surface area contributed by atoms with Crippen LogP contribution in [0.2, 0.25) is 0 Å². The summed E-state index contributed by atoms with van der Waals surface area (Å²) in [5.41, 5.74) is 0.754. The van der Waals surface area contributed by atoms with Gasteiger partial charge in [-0.3, -0.25) is 10.1 Å². The van der Waals surface area contributed by atoms with Crippen LogP contribution in [-0.2, 0) is 6.54 Å². The first-order chi connectivity index (χ1) is 10.0. The molecule has 0 radical (unpaired) electrons. The SMILES string of the molecule is CN(Cc1ccccc1)c1c(C(=O)O)cccc1[N+](=O)[O-]. The molecule has 0 unspecified atom stereocenters. The Labute approximate surface area is 121 Å². The van der Waals surface area contributed by atoms with Gasteiger partial charge in [-0.15, -0.1) is 0 Å². The van der Waals surface area contributed by atoms with E-state index in [-0.39, 0.29) is 16.9 Å². The van der Waals surface area contributed by atoms with Crippen LogP contribution in [0.3, 0.4) is 0 Å². The largest absolute Gasteiger partial charge is 0.478 e. The number of anilines is 1. The van der Waals surface area contributed by atoms with Crippen LogP contribution in [0.25, 0.3) is 0 Å². The molecule has 0 saturated carbocycles. The summed E-state index contributed by atoms with van der Waals surface area (Å²) in [4.78, 5) is 23.5. The number of nitrogens with zero attached hydrogens (tertiary/aromatic N) is 2. The van der Waals surface area contributed by atoms with Gasteiger partial charge in [0.2, 0.25) is 0 Å². The summed E-state index contributed by atoms with van der Waals surface area (Å²) in [5, 5.41) is 20.4. The van der Waals surface area contributed by atoms with E-state index in [0.717, 1.165) is 5.56 Å². The molecule has 2 aromatic carbocycles. The summed E-state index contributed by atoms with van der Waals surface area (Å²) < 4.78 is 0. The maximum atomic E-state index is 11.3. The predicted octanol–water partition coefficient (Wildman–Crippen LogP) is 2.93. The normalized spacial score (nSPS) is 10.1. The van der Waals surface area contributed by atoms with E-state index in [4.69, 9.17) is 0 Å². The molecule has 0 spiro atoms. The van der Waals surface area contributed by atoms with Gasteiger partial charge >= 0.3 is 5.97 Å². The molecule has 2 aromatic rings. The zero-order chi connectivity index (χ0) is 15.4. The van der Waals surface area contributed by atoms with Gasteiger partial charge in [0.1, 0.15) is 5.69 Å². The molecular formula is C15H14N2O4. The number of hydrogen-bond acceptors (Lipinski definition) is 4. The van der Waals surface area contributed by atoms with Gasteiger partial charge in [-0.2, -0.15) is 0 Å². The number of nitro groups is 1. The second-order valence-corrected chi connectivity index (χ2v) is 4.58. The second kappa shape index (κ2) is 6.04. The van der Waals surface area contributed by atoms with E-state index in [0.29, 0.717) is 6.54 Å². The first-order valence-electron chi connectivity index (χ1n) is 6.26. The molecule has 0 amide bonds. The standard InChI is InChI=1S/C15H14N2O4/c1-16(10-11-6-3-2-4-7-11)14-12(15(18)19)8-5-9-13(14)17(20)21/h2-9H,10H2,1H3,(H,18,19). The van der Waals surface area contributed by atoms with Crippen molar-refractivity contribution in [1.29, 1.82) is 0 Å². The Hall–Kier alpha value is -2.89. The molecule has 0 atom stereocenters. The fraction of sp³-hybridized carbons (Fsp3) is 0.133. The van der Waals surface area contributed by atoms with Crippen LogP contribution < -0.4 is 4.90 Å². The summed E-state index contributed by atoms with van der Waals surface area (Å²) in [6.45, 7) is 0.381. The molecule has 2 rings (SSSR count). The van der Waals surface area contributed by atoms with Crippen molar-refractivity contribution < 1.29 is 14.8 Å². The number of carbonyl (C=O) groups is 1. The lowest BCUT2D eigenvalue weighted by molar-refractivity contribution is -0.384. The quantitative estimate of drug-likeness (QED) is 0.675. The van der Waals surface area contributed by atoms with Crippen LogP contribution in [-0.4, -0.2) is 23.0 Å². The Balaban J connectivity index is 2.45. The molecule has 108 valence electrons. The molecule has 6 nitrogen and oxygen atoms in total. The number of nitro benzene ring substituents is 1. The minimum absolute atomic E-state index is 0.0809. The third kappa shape index (κ3) is 3.17. The van der Waals surface area contributed by atoms with Gasteiger partial charge in [0, 0.05) is 19.7 Å². The number of aromatic carboxylic acids is 1. The fourth-order valence-corrected chi connectivity index (χ4v) is 2.19. The molecular weight excluding hydrogens is 272 g/mol. The van der Waals surface area contributed by atoms with E-state index in [1.807, 2.05) is 30.3 Å². The Kier molecular flexibility index (Phi) is 4.18. The van der Waals surface area contributed by atoms with Gasteiger partial charge in [0.15, 0.2) is 0 Å². The van der Waals surface area contributed by atoms with Crippen molar-refractivity contribution in [2.24, 2.45) is 0 Å². The van der Waals surface area contributed by atoms with E-state index in [2.05, 4.69) is 0 Å². The summed E-state index contributed by atoms with van der Waals surface area (Å²) in [5.74, 6) is -1.19. The van der Waals surface area contributed by atoms with Crippen LogP contribution >= 0.6 is 0 Å². The van der Waals surface area contributed by atoms with Crippen LogP contribution in [0, 0.1) is 10.1 Å². The molecule has 0 heterocycles. The van der Waals surface area contributed by atoms with Gasteiger partial charge in [0.25, 0.3) is 5.69 Å². The van der Waals surface area contributed by atoms with E-state index in [1.54, 1.807) is 11.9 Å². The van der Waals surface area contributed by atoms with E-state index < -0.39 is 10.9 Å². The van der Waals surface area contributed by atoms with E-state index in [1.165, 1.54) is 18.2 Å². The second-order valence-electron chi connectivity index (χ2n) is 4.58. The van der Waals surface area contributed by atoms with Crippen LogP contribution in [0.15, 0.2) is 48.5 Å². The highest BCUT2D eigenvalue weighted by Gasteiger charge is 2.24. The molecule has 6 heteroatoms. The first-order valence-corrected chi connectivity index (χ1v) is 6.26. The number of carboxylic acid groups (broad SMARTS) is 1. The Bertz CT molecular complexity index is 638. The zero-order valence-corrected chi connectivity index (χ0v) is 11.4. The summed E-state index contributed by atoms with van der Waals surface area (Å²) >= 11 is 0. The van der Waals surface area contributed by atoms with Crippen LogP contribution in [0.1, 0.15) is 15.9 Å². The highest BCUT2D eigenvalue weighted by atomic mass is 16.6. The lowest BCUT2D eigenvalue weighted by Gasteiger charge is -2.21. The highest BCUT2D eigenvalue weighted by Crippen LogP contribution is 2.32. The van der Waals surface area contributed by atoms with Gasteiger partial charge in [-0.1, -0.05) is 36.4 Å². The maximum Gasteiger partial charge on any atom is 0.338 e. The van der Waals surface area contributed by atoms with Crippen molar-refractivity contribution in [3.8, 4) is 0 Å². The number of hydrogen-bond donors (Lipinski definition) is 1. The Morgan fingerprint density at radius 3 is 2.43 bits per heavy atom. The smallest absolute Gasteiger partial charge is 0.338 e. The molecule has 21 heavy (non-hydrogen) atoms. The first kappa shape index (κ1) is 14.5. The monoisotopic (exact) mass is 286 g/mol. The third-order valence-corrected chi connectivity index (χ3v) is 3.09. The van der Waals surface area contributed by atoms with E-state index >= 15 is 0 Å². The van der Waals surface area contributed by atoms with Gasteiger partial charge in [0.05, 0.1) is 10.5 Å². The van der Waals surface area contributed by atoms with Gasteiger partial charge in [-0.05, 0) is 11.6 Å². The van der Waals surface area contributed by atoms with Gasteiger partial charge < -0.3 is 10.0 Å². The Morgan fingerprint density at radius 2 is 1.86 bits per heavy atom. The lowest BCUT2D eigenvalue weighted by Crippen LogP contribution is -2.20. The van der Waals surface area contributed by atoms with Crippen molar-refractivity contribution in [2.75, 3.05) is 11.9 Å². The molecule has 0 aliphatic rings. The average molecular weight is 286 g/mol. The van der Waals surface area contributed by atoms with Crippen molar-refractivity contribution in [2.45, 2.75) is 6.54 Å². The molecule has 0 aromatic heterocycles. The molecule has 0 fully saturated rings. The molecule has 0 saturated heterocycles. The predicted molar refractivity (Wildman–Crippen MR) is 78.6 cm³/mol. The Morgan fingerprint density at radius 1 is 1.19 bits per heavy atom. The summed E-state index contributed by atoms with van der Waals surface area (Å²) in [6.07, 6.45) is 0. The molecule has 1 N–H and O–H groups in total. The lowest BCUT2D eigenvalue weighted by atomic mass is 10.1. The minimum Gasteiger partial charge on any atom is -0.478 e. The fourth-order valence-electron chi connectivity index (χ4n) is 2.19. The summed E-state index contributed by atoms with van der Waals surface area (Å²) in [6, 6.07) is 13.4. The van der Waals surface area contributed by atoms with Crippen molar-refractivity contribution in [3.05, 3.63) is 69.8 Å². The topological polar surface area (TPSA) is 83.7 Å². The number of benzene rings is 2. The minimum atomic E-state index is -1.19. The molecule has 0 aliphatic carbocycles. The van der Waals surface area contributed by atoms with E-state index in [9.17, 15) is 20.0 Å². The molecule has 0 bridgehead atoms. The average Bonchev–Trinajstić information content (AvgIpc) is 2.47. The van der Waals surface area contributed by atoms with Crippen molar-refractivity contribution >= 4 is 17.3 Å². The van der Waals surface area contributed by atoms with Crippen molar-refractivity contribution in [1.82, 2.24) is 0 Å². The van der Waals surface area contributed by atoms with Crippen molar-refractivity contribution in [3.63, 3.8) is 0 Å². The molecule has 0 aliphatic heterocycles. The third-order valence-electron chi connectivity index (χ3n) is 3.09.